The molecule has 7 nitrogen and oxygen atoms in total. The number of carbonyl (C=O) groups is 2. The summed E-state index contributed by atoms with van der Waals surface area (Å²) in [5, 5.41) is 6.13. The van der Waals surface area contributed by atoms with Crippen LogP contribution in [-0.4, -0.2) is 70.8 Å². The van der Waals surface area contributed by atoms with Crippen molar-refractivity contribution in [1.29, 1.82) is 0 Å². The van der Waals surface area contributed by atoms with Crippen molar-refractivity contribution in [2.75, 3.05) is 44.6 Å². The van der Waals surface area contributed by atoms with Gasteiger partial charge in [-0.1, -0.05) is 66.5 Å². The van der Waals surface area contributed by atoms with Crippen molar-refractivity contribution in [1.82, 2.24) is 19.7 Å². The van der Waals surface area contributed by atoms with Crippen LogP contribution in [-0.2, 0) is 11.3 Å². The summed E-state index contributed by atoms with van der Waals surface area (Å²) in [6, 6.07) is 14.9. The molecular formula is C25H27Cl2N5O2S. The summed E-state index contributed by atoms with van der Waals surface area (Å²) in [5.74, 6) is -0.347. The summed E-state index contributed by atoms with van der Waals surface area (Å²) >= 11 is 13.6. The normalized spacial score (nSPS) is 14.1. The van der Waals surface area contributed by atoms with E-state index in [0.29, 0.717) is 40.5 Å². The second-order valence-electron chi connectivity index (χ2n) is 8.23. The summed E-state index contributed by atoms with van der Waals surface area (Å²) in [6.45, 7) is 6.46. The van der Waals surface area contributed by atoms with Crippen molar-refractivity contribution in [3.05, 3.63) is 75.2 Å². The number of carbonyl (C=O) groups excluding carboxylic acids is 2. The van der Waals surface area contributed by atoms with Gasteiger partial charge in [-0.2, -0.15) is 0 Å². The van der Waals surface area contributed by atoms with E-state index in [4.69, 9.17) is 23.2 Å². The van der Waals surface area contributed by atoms with Crippen molar-refractivity contribution < 1.29 is 9.59 Å². The molecule has 2 aromatic carbocycles. The first-order chi connectivity index (χ1) is 16.9. The molecule has 0 bridgehead atoms. The first kappa shape index (κ1) is 25.4. The predicted molar refractivity (Wildman–Crippen MR) is 142 cm³/mol. The van der Waals surface area contributed by atoms with E-state index in [1.54, 1.807) is 28.5 Å². The topological polar surface area (TPSA) is 68.8 Å². The highest BCUT2D eigenvalue weighted by molar-refractivity contribution is 7.14. The number of rotatable bonds is 8. The molecule has 0 spiro atoms. The lowest BCUT2D eigenvalue weighted by Gasteiger charge is -2.35. The van der Waals surface area contributed by atoms with Crippen LogP contribution in [0.2, 0.25) is 10.0 Å². The Kier molecular flexibility index (Phi) is 8.62. The number of likely N-dealkylation sites (N-methyl/N-ethyl adjacent to an activating group) is 1. The third-order valence-corrected chi connectivity index (χ3v) is 7.49. The van der Waals surface area contributed by atoms with Crippen LogP contribution in [0.4, 0.5) is 10.8 Å². The molecule has 1 aliphatic heterocycles. The minimum atomic E-state index is -0.295. The van der Waals surface area contributed by atoms with E-state index in [-0.39, 0.29) is 24.1 Å². The van der Waals surface area contributed by atoms with Gasteiger partial charge in [0.1, 0.15) is 12.2 Å². The number of piperazine rings is 1. The van der Waals surface area contributed by atoms with Crippen LogP contribution in [0.1, 0.15) is 23.0 Å². The Morgan fingerprint density at radius 3 is 2.51 bits per heavy atom. The lowest BCUT2D eigenvalue weighted by Crippen LogP contribution is -2.51. The van der Waals surface area contributed by atoms with Crippen LogP contribution < -0.4 is 5.32 Å². The van der Waals surface area contributed by atoms with Gasteiger partial charge in [-0.05, 0) is 24.2 Å². The highest BCUT2D eigenvalue weighted by atomic mass is 35.5. The third kappa shape index (κ3) is 6.52. The van der Waals surface area contributed by atoms with E-state index >= 15 is 0 Å². The van der Waals surface area contributed by atoms with E-state index < -0.39 is 0 Å². The van der Waals surface area contributed by atoms with Crippen LogP contribution in [0, 0.1) is 0 Å². The Bertz CT molecular complexity index is 1170. The fraction of sp³-hybridized carbons (Fsp3) is 0.320. The zero-order valence-electron chi connectivity index (χ0n) is 19.4. The number of aromatic nitrogens is 1. The van der Waals surface area contributed by atoms with Gasteiger partial charge in [0.05, 0.1) is 15.7 Å². The molecule has 0 unspecified atom stereocenters. The van der Waals surface area contributed by atoms with Gasteiger partial charge >= 0.3 is 0 Å². The minimum absolute atomic E-state index is 0.000260. The lowest BCUT2D eigenvalue weighted by molar-refractivity contribution is -0.133. The number of nitrogens with zero attached hydrogens (tertiary/aromatic N) is 4. The number of thiazole rings is 1. The van der Waals surface area contributed by atoms with E-state index in [1.807, 2.05) is 35.2 Å². The van der Waals surface area contributed by atoms with E-state index in [2.05, 4.69) is 22.1 Å². The van der Waals surface area contributed by atoms with Gasteiger partial charge in [-0.25, -0.2) is 4.98 Å². The molecule has 0 atom stereocenters. The Labute approximate surface area is 219 Å². The molecule has 0 saturated carbocycles. The molecule has 0 radical (unpaired) electrons. The van der Waals surface area contributed by atoms with Crippen LogP contribution in [0.15, 0.2) is 53.9 Å². The molecule has 2 heterocycles. The summed E-state index contributed by atoms with van der Waals surface area (Å²) in [4.78, 5) is 36.7. The predicted octanol–water partition coefficient (Wildman–Crippen LogP) is 5.00. The molecule has 35 heavy (non-hydrogen) atoms. The van der Waals surface area contributed by atoms with Gasteiger partial charge in [-0.15, -0.1) is 11.3 Å². The Morgan fingerprint density at radius 1 is 1.06 bits per heavy atom. The molecule has 0 aliphatic carbocycles. The monoisotopic (exact) mass is 531 g/mol. The second-order valence-corrected chi connectivity index (χ2v) is 9.87. The number of halogens is 2. The standard InChI is InChI=1S/C25H27Cl2N5O2S/c1-2-30-11-13-31(14-12-30)22(33)16-32(15-18-7-4-3-5-8-18)24(34)21-17-35-25(29-21)28-20-10-6-9-19(26)23(20)27/h3-10,17H,2,11-16H2,1H3,(H,28,29). The number of benzene rings is 2. The second kappa shape index (κ2) is 11.9. The fourth-order valence-corrected chi connectivity index (χ4v) is 4.93. The highest BCUT2D eigenvalue weighted by Crippen LogP contribution is 2.32. The summed E-state index contributed by atoms with van der Waals surface area (Å²) in [5.41, 5.74) is 1.83. The zero-order chi connectivity index (χ0) is 24.8. The van der Waals surface area contributed by atoms with Crippen LogP contribution in [0.3, 0.4) is 0 Å². The quantitative estimate of drug-likeness (QED) is 0.442. The van der Waals surface area contributed by atoms with Crippen LogP contribution in [0.25, 0.3) is 0 Å². The molecule has 1 saturated heterocycles. The maximum absolute atomic E-state index is 13.5. The minimum Gasteiger partial charge on any atom is -0.339 e. The van der Waals surface area contributed by atoms with Crippen LogP contribution >= 0.6 is 34.5 Å². The number of nitrogens with one attached hydrogen (secondary N) is 1. The smallest absolute Gasteiger partial charge is 0.274 e. The Morgan fingerprint density at radius 2 is 1.80 bits per heavy atom. The number of amides is 2. The average molecular weight is 532 g/mol. The van der Waals surface area contributed by atoms with Crippen molar-refractivity contribution in [3.63, 3.8) is 0 Å². The zero-order valence-corrected chi connectivity index (χ0v) is 21.7. The van der Waals surface area contributed by atoms with E-state index in [0.717, 1.165) is 25.2 Å². The molecule has 1 aliphatic rings. The Hall–Kier alpha value is -2.65. The summed E-state index contributed by atoms with van der Waals surface area (Å²) in [7, 11) is 0. The van der Waals surface area contributed by atoms with Crippen molar-refractivity contribution in [3.8, 4) is 0 Å². The van der Waals surface area contributed by atoms with Gasteiger partial charge in [-0.3, -0.25) is 9.59 Å². The number of hydrogen-bond acceptors (Lipinski definition) is 6. The van der Waals surface area contributed by atoms with Gasteiger partial charge in [0, 0.05) is 38.1 Å². The maximum Gasteiger partial charge on any atom is 0.274 e. The maximum atomic E-state index is 13.5. The fourth-order valence-electron chi connectivity index (χ4n) is 3.89. The van der Waals surface area contributed by atoms with Gasteiger partial charge in [0.15, 0.2) is 5.13 Å². The van der Waals surface area contributed by atoms with Crippen LogP contribution in [0.5, 0.6) is 0 Å². The average Bonchev–Trinajstić information content (AvgIpc) is 3.35. The molecule has 3 aromatic rings. The lowest BCUT2D eigenvalue weighted by atomic mass is 10.2. The number of hydrogen-bond donors (Lipinski definition) is 1. The molecule has 1 fully saturated rings. The van der Waals surface area contributed by atoms with E-state index in [9.17, 15) is 9.59 Å². The molecular weight excluding hydrogens is 505 g/mol. The third-order valence-electron chi connectivity index (χ3n) is 5.92. The SMILES string of the molecule is CCN1CCN(C(=O)CN(Cc2ccccc2)C(=O)c2csc(Nc3cccc(Cl)c3Cl)n2)CC1. The highest BCUT2D eigenvalue weighted by Gasteiger charge is 2.26. The summed E-state index contributed by atoms with van der Waals surface area (Å²) < 4.78 is 0. The largest absolute Gasteiger partial charge is 0.339 e. The Balaban J connectivity index is 1.49. The van der Waals surface area contributed by atoms with Gasteiger partial charge < -0.3 is 20.0 Å². The summed E-state index contributed by atoms with van der Waals surface area (Å²) in [6.07, 6.45) is 0. The van der Waals surface area contributed by atoms with Crippen molar-refractivity contribution in [2.45, 2.75) is 13.5 Å². The van der Waals surface area contributed by atoms with Gasteiger partial charge in [0.2, 0.25) is 5.91 Å². The molecule has 1 aromatic heterocycles. The number of anilines is 2. The molecule has 1 N–H and O–H groups in total. The van der Waals surface area contributed by atoms with Gasteiger partial charge in [0.25, 0.3) is 5.91 Å². The molecule has 4 rings (SSSR count). The first-order valence-electron chi connectivity index (χ1n) is 11.4. The van der Waals surface area contributed by atoms with E-state index in [1.165, 1.54) is 11.3 Å². The molecule has 2 amide bonds. The van der Waals surface area contributed by atoms with Crippen molar-refractivity contribution >= 4 is 57.2 Å². The molecule has 10 heteroatoms. The first-order valence-corrected chi connectivity index (χ1v) is 13.1. The molecule has 184 valence electrons. The van der Waals surface area contributed by atoms with Crippen molar-refractivity contribution in [2.24, 2.45) is 0 Å².